The SMILES string of the molecule is c1ccn(P2OCCO2)c1. The first-order valence-corrected chi connectivity index (χ1v) is 4.29. The first-order valence-electron chi connectivity index (χ1n) is 3.16. The highest BCUT2D eigenvalue weighted by atomic mass is 31.2. The quantitative estimate of drug-likeness (QED) is 0.578. The molecule has 0 N–H and O–H groups in total. The van der Waals surface area contributed by atoms with Crippen LogP contribution in [0.25, 0.3) is 0 Å². The lowest BCUT2D eigenvalue weighted by Gasteiger charge is -2.06. The van der Waals surface area contributed by atoms with Crippen LogP contribution in [0.3, 0.4) is 0 Å². The molecule has 1 fully saturated rings. The van der Waals surface area contributed by atoms with Crippen molar-refractivity contribution < 1.29 is 9.05 Å². The molecular weight excluding hydrogens is 149 g/mol. The summed E-state index contributed by atoms with van der Waals surface area (Å²) in [5.41, 5.74) is 0. The van der Waals surface area contributed by atoms with Gasteiger partial charge in [-0.25, -0.2) is 0 Å². The van der Waals surface area contributed by atoms with Crippen LogP contribution in [0.1, 0.15) is 0 Å². The Bertz CT molecular complexity index is 194. The molecule has 2 rings (SSSR count). The summed E-state index contributed by atoms with van der Waals surface area (Å²) in [4.78, 5) is 0. The third-order valence-electron chi connectivity index (χ3n) is 1.26. The van der Waals surface area contributed by atoms with Gasteiger partial charge in [-0.05, 0) is 12.1 Å². The minimum Gasteiger partial charge on any atom is -0.315 e. The van der Waals surface area contributed by atoms with Crippen molar-refractivity contribution in [2.45, 2.75) is 0 Å². The van der Waals surface area contributed by atoms with Gasteiger partial charge in [0.25, 0.3) is 8.53 Å². The van der Waals surface area contributed by atoms with Crippen molar-refractivity contribution >= 4 is 8.53 Å². The molecule has 0 spiro atoms. The van der Waals surface area contributed by atoms with Crippen LogP contribution in [0, 0.1) is 0 Å². The van der Waals surface area contributed by atoms with Crippen molar-refractivity contribution in [1.29, 1.82) is 0 Å². The predicted molar refractivity (Wildman–Crippen MR) is 38.7 cm³/mol. The van der Waals surface area contributed by atoms with Crippen molar-refractivity contribution in [3.05, 3.63) is 24.5 Å². The molecule has 10 heavy (non-hydrogen) atoms. The van der Waals surface area contributed by atoms with Crippen LogP contribution in [0.4, 0.5) is 0 Å². The Labute approximate surface area is 60.5 Å². The van der Waals surface area contributed by atoms with Gasteiger partial charge in [-0.1, -0.05) is 0 Å². The van der Waals surface area contributed by atoms with Crippen molar-refractivity contribution in [2.75, 3.05) is 13.2 Å². The van der Waals surface area contributed by atoms with Gasteiger partial charge in [0.1, 0.15) is 0 Å². The fourth-order valence-electron chi connectivity index (χ4n) is 0.836. The summed E-state index contributed by atoms with van der Waals surface area (Å²) < 4.78 is 12.6. The molecule has 1 aliphatic heterocycles. The molecule has 2 heterocycles. The largest absolute Gasteiger partial charge is 0.315 e. The third-order valence-corrected chi connectivity index (χ3v) is 2.71. The standard InChI is InChI=1S/C6H8NO2P/c1-2-4-7(3-1)10-8-5-6-9-10/h1-4H,5-6H2. The number of hydrogen-bond donors (Lipinski definition) is 0. The molecule has 4 heteroatoms. The summed E-state index contributed by atoms with van der Waals surface area (Å²) in [6, 6.07) is 3.93. The Balaban J connectivity index is 2.12. The van der Waals surface area contributed by atoms with Crippen LogP contribution >= 0.6 is 8.53 Å². The van der Waals surface area contributed by atoms with Gasteiger partial charge in [-0.3, -0.25) is 4.34 Å². The molecule has 0 radical (unpaired) electrons. The van der Waals surface area contributed by atoms with Gasteiger partial charge in [0.05, 0.1) is 13.2 Å². The lowest BCUT2D eigenvalue weighted by atomic mass is 10.7. The van der Waals surface area contributed by atoms with E-state index in [0.717, 1.165) is 13.2 Å². The Morgan fingerprint density at radius 3 is 2.30 bits per heavy atom. The Hall–Kier alpha value is -0.370. The smallest absolute Gasteiger partial charge is 0.293 e. The molecule has 0 saturated carbocycles. The maximum absolute atomic E-state index is 5.30. The molecule has 1 aliphatic rings. The van der Waals surface area contributed by atoms with Crippen LogP contribution in [-0.2, 0) is 9.05 Å². The number of rotatable bonds is 1. The van der Waals surface area contributed by atoms with Gasteiger partial charge in [0.15, 0.2) is 0 Å². The first-order chi connectivity index (χ1) is 4.97. The molecule has 1 aromatic rings. The average molecular weight is 157 g/mol. The molecule has 1 saturated heterocycles. The second-order valence-corrected chi connectivity index (χ2v) is 3.42. The summed E-state index contributed by atoms with van der Waals surface area (Å²) in [6.07, 6.45) is 3.91. The highest BCUT2D eigenvalue weighted by Crippen LogP contribution is 2.43. The second-order valence-electron chi connectivity index (χ2n) is 1.97. The molecule has 0 unspecified atom stereocenters. The van der Waals surface area contributed by atoms with E-state index in [4.69, 9.17) is 9.05 Å². The summed E-state index contributed by atoms with van der Waals surface area (Å²) in [6.45, 7) is 1.45. The van der Waals surface area contributed by atoms with Crippen LogP contribution in [0.2, 0.25) is 0 Å². The lowest BCUT2D eigenvalue weighted by Crippen LogP contribution is -1.85. The zero-order valence-electron chi connectivity index (χ0n) is 5.43. The van der Waals surface area contributed by atoms with Crippen molar-refractivity contribution in [3.63, 3.8) is 0 Å². The molecule has 0 aliphatic carbocycles. The van der Waals surface area contributed by atoms with E-state index in [0.29, 0.717) is 0 Å². The van der Waals surface area contributed by atoms with Gasteiger partial charge in [0, 0.05) is 12.4 Å². The van der Waals surface area contributed by atoms with Crippen LogP contribution in [0.15, 0.2) is 24.5 Å². The van der Waals surface area contributed by atoms with Gasteiger partial charge in [-0.2, -0.15) is 0 Å². The fourth-order valence-corrected chi connectivity index (χ4v) is 2.01. The summed E-state index contributed by atoms with van der Waals surface area (Å²) in [5.74, 6) is 0. The normalized spacial score (nSPS) is 20.0. The minimum absolute atomic E-state index is 0.726. The Kier molecular flexibility index (Phi) is 1.72. The maximum Gasteiger partial charge on any atom is 0.293 e. The Morgan fingerprint density at radius 1 is 1.10 bits per heavy atom. The third kappa shape index (κ3) is 1.08. The topological polar surface area (TPSA) is 23.4 Å². The van der Waals surface area contributed by atoms with E-state index in [1.165, 1.54) is 0 Å². The molecule has 1 aromatic heterocycles. The molecule has 0 atom stereocenters. The van der Waals surface area contributed by atoms with E-state index in [2.05, 4.69) is 0 Å². The average Bonchev–Trinajstić information content (AvgIpc) is 2.59. The maximum atomic E-state index is 5.30. The zero-order valence-corrected chi connectivity index (χ0v) is 6.33. The number of aromatic nitrogens is 1. The van der Waals surface area contributed by atoms with Crippen molar-refractivity contribution in [2.24, 2.45) is 0 Å². The first kappa shape index (κ1) is 6.35. The lowest BCUT2D eigenvalue weighted by molar-refractivity contribution is 0.365. The van der Waals surface area contributed by atoms with E-state index >= 15 is 0 Å². The molecule has 3 nitrogen and oxygen atoms in total. The molecule has 0 aromatic carbocycles. The summed E-state index contributed by atoms with van der Waals surface area (Å²) in [7, 11) is -0.787. The molecular formula is C6H8NO2P. The summed E-state index contributed by atoms with van der Waals surface area (Å²) in [5, 5.41) is 0. The predicted octanol–water partition coefficient (Wildman–Crippen LogP) is 1.61. The van der Waals surface area contributed by atoms with E-state index in [1.807, 2.05) is 28.9 Å². The summed E-state index contributed by atoms with van der Waals surface area (Å²) >= 11 is 0. The molecule has 0 bridgehead atoms. The van der Waals surface area contributed by atoms with E-state index in [-0.39, 0.29) is 0 Å². The Morgan fingerprint density at radius 2 is 1.70 bits per heavy atom. The van der Waals surface area contributed by atoms with Gasteiger partial charge in [0.2, 0.25) is 0 Å². The van der Waals surface area contributed by atoms with E-state index in [1.54, 1.807) is 0 Å². The molecule has 54 valence electrons. The zero-order chi connectivity index (χ0) is 6.81. The number of nitrogens with zero attached hydrogens (tertiary/aromatic N) is 1. The van der Waals surface area contributed by atoms with Crippen LogP contribution in [-0.4, -0.2) is 17.6 Å². The molecule has 0 amide bonds. The van der Waals surface area contributed by atoms with E-state index < -0.39 is 8.53 Å². The monoisotopic (exact) mass is 157 g/mol. The van der Waals surface area contributed by atoms with E-state index in [9.17, 15) is 0 Å². The van der Waals surface area contributed by atoms with Gasteiger partial charge >= 0.3 is 0 Å². The van der Waals surface area contributed by atoms with Crippen LogP contribution < -0.4 is 0 Å². The van der Waals surface area contributed by atoms with Crippen LogP contribution in [0.5, 0.6) is 0 Å². The van der Waals surface area contributed by atoms with Crippen molar-refractivity contribution in [3.8, 4) is 0 Å². The van der Waals surface area contributed by atoms with Gasteiger partial charge in [-0.15, -0.1) is 0 Å². The fraction of sp³-hybridized carbons (Fsp3) is 0.333. The van der Waals surface area contributed by atoms with Crippen molar-refractivity contribution in [1.82, 2.24) is 4.34 Å². The second kappa shape index (κ2) is 2.70. The minimum atomic E-state index is -0.787. The highest BCUT2D eigenvalue weighted by molar-refractivity contribution is 7.45. The van der Waals surface area contributed by atoms with Gasteiger partial charge < -0.3 is 9.05 Å². The highest BCUT2D eigenvalue weighted by Gasteiger charge is 2.17. The number of hydrogen-bond acceptors (Lipinski definition) is 2.